The van der Waals surface area contributed by atoms with E-state index in [9.17, 15) is 4.79 Å². The molecule has 1 aromatic carbocycles. The molecule has 0 bridgehead atoms. The van der Waals surface area contributed by atoms with E-state index in [1.165, 1.54) is 0 Å². The van der Waals surface area contributed by atoms with Crippen molar-refractivity contribution in [3.05, 3.63) is 42.0 Å². The first-order valence-corrected chi connectivity index (χ1v) is 11.5. The first-order chi connectivity index (χ1) is 15.6. The molecule has 2 aliphatic heterocycles. The van der Waals surface area contributed by atoms with Gasteiger partial charge in [0.05, 0.1) is 25.2 Å². The van der Waals surface area contributed by atoms with Crippen molar-refractivity contribution >= 4 is 17.5 Å². The summed E-state index contributed by atoms with van der Waals surface area (Å²) in [7, 11) is 0. The van der Waals surface area contributed by atoms with Gasteiger partial charge in [-0.05, 0) is 56.5 Å². The summed E-state index contributed by atoms with van der Waals surface area (Å²) in [6.45, 7) is 9.22. The zero-order chi connectivity index (χ0) is 22.3. The molecule has 3 heterocycles. The van der Waals surface area contributed by atoms with E-state index < -0.39 is 0 Å². The molecular formula is C24H33N5O3. The van der Waals surface area contributed by atoms with Crippen molar-refractivity contribution in [3.63, 3.8) is 0 Å². The van der Waals surface area contributed by atoms with Crippen molar-refractivity contribution in [2.75, 3.05) is 49.2 Å². The van der Waals surface area contributed by atoms with Gasteiger partial charge in [0.2, 0.25) is 5.91 Å². The molecule has 1 atom stereocenters. The van der Waals surface area contributed by atoms with Gasteiger partial charge in [0, 0.05) is 32.7 Å². The topological polar surface area (TPSA) is 79.8 Å². The summed E-state index contributed by atoms with van der Waals surface area (Å²) in [6, 6.07) is 11.9. The van der Waals surface area contributed by atoms with E-state index in [-0.39, 0.29) is 17.9 Å². The fourth-order valence-corrected chi connectivity index (χ4v) is 4.14. The molecule has 1 N–H and O–H groups in total. The van der Waals surface area contributed by atoms with Crippen molar-refractivity contribution < 1.29 is 14.3 Å². The number of carbonyl (C=O) groups is 1. The summed E-state index contributed by atoms with van der Waals surface area (Å²) in [5.74, 6) is 2.61. The highest BCUT2D eigenvalue weighted by Crippen LogP contribution is 2.23. The first-order valence-electron chi connectivity index (χ1n) is 11.5. The number of benzene rings is 1. The van der Waals surface area contributed by atoms with Crippen LogP contribution < -0.4 is 19.9 Å². The molecule has 2 aliphatic rings. The second-order valence-corrected chi connectivity index (χ2v) is 8.66. The Bertz CT molecular complexity index is 866. The van der Waals surface area contributed by atoms with Crippen LogP contribution in [0.3, 0.4) is 0 Å². The average molecular weight is 440 g/mol. The molecule has 0 saturated carbocycles. The lowest BCUT2D eigenvalue weighted by molar-refractivity contribution is -0.125. The van der Waals surface area contributed by atoms with Crippen LogP contribution in [0.4, 0.5) is 11.6 Å². The van der Waals surface area contributed by atoms with Gasteiger partial charge in [-0.15, -0.1) is 10.2 Å². The van der Waals surface area contributed by atoms with Crippen molar-refractivity contribution in [3.8, 4) is 5.75 Å². The number of hydrogen-bond donors (Lipinski definition) is 1. The number of carbonyl (C=O) groups excluding carboxylic acids is 1. The van der Waals surface area contributed by atoms with Crippen LogP contribution in [-0.2, 0) is 16.1 Å². The number of ether oxygens (including phenoxy) is 2. The molecule has 1 aromatic heterocycles. The number of piperidine rings is 1. The highest BCUT2D eigenvalue weighted by molar-refractivity contribution is 5.79. The van der Waals surface area contributed by atoms with Crippen LogP contribution in [0.2, 0.25) is 0 Å². The van der Waals surface area contributed by atoms with Crippen LogP contribution >= 0.6 is 0 Å². The summed E-state index contributed by atoms with van der Waals surface area (Å²) in [6.07, 6.45) is 2.00. The van der Waals surface area contributed by atoms with Crippen LogP contribution in [0.1, 0.15) is 32.3 Å². The standard InChI is InChI=1S/C24H33N5O3/c1-18(2)32-21-7-5-19(6-8-21)16-25-24(30)20-4-3-11-29(17-20)23-10-9-22(26-27-23)28-12-14-31-15-13-28/h5-10,18,20H,3-4,11-17H2,1-2H3,(H,25,30). The van der Waals surface area contributed by atoms with Gasteiger partial charge in [0.15, 0.2) is 11.6 Å². The van der Waals surface area contributed by atoms with Gasteiger partial charge < -0.3 is 24.6 Å². The zero-order valence-electron chi connectivity index (χ0n) is 19.0. The number of nitrogens with zero attached hydrogens (tertiary/aromatic N) is 4. The van der Waals surface area contributed by atoms with Crippen LogP contribution in [0.15, 0.2) is 36.4 Å². The normalized spacial score (nSPS) is 19.2. The smallest absolute Gasteiger partial charge is 0.225 e. The van der Waals surface area contributed by atoms with Crippen LogP contribution in [0.25, 0.3) is 0 Å². The minimum atomic E-state index is -0.0481. The van der Waals surface area contributed by atoms with Crippen molar-refractivity contribution in [1.82, 2.24) is 15.5 Å². The minimum Gasteiger partial charge on any atom is -0.491 e. The molecule has 1 amide bonds. The molecule has 0 radical (unpaired) electrons. The lowest BCUT2D eigenvalue weighted by Gasteiger charge is -2.33. The SMILES string of the molecule is CC(C)Oc1ccc(CNC(=O)C2CCCN(c3ccc(N4CCOCC4)nn3)C2)cc1. The summed E-state index contributed by atoms with van der Waals surface area (Å²) in [4.78, 5) is 17.2. The molecule has 8 heteroatoms. The van der Waals surface area contributed by atoms with Gasteiger partial charge in [-0.25, -0.2) is 0 Å². The largest absolute Gasteiger partial charge is 0.491 e. The number of rotatable bonds is 7. The molecule has 8 nitrogen and oxygen atoms in total. The molecule has 0 spiro atoms. The third-order valence-electron chi connectivity index (χ3n) is 5.85. The Morgan fingerprint density at radius 1 is 1.06 bits per heavy atom. The molecular weight excluding hydrogens is 406 g/mol. The fraction of sp³-hybridized carbons (Fsp3) is 0.542. The Kier molecular flexibility index (Phi) is 7.42. The molecule has 2 fully saturated rings. The van der Waals surface area contributed by atoms with Crippen LogP contribution in [-0.4, -0.2) is 61.6 Å². The second-order valence-electron chi connectivity index (χ2n) is 8.66. The van der Waals surface area contributed by atoms with Gasteiger partial charge in [-0.1, -0.05) is 12.1 Å². The van der Waals surface area contributed by atoms with E-state index >= 15 is 0 Å². The molecule has 1 unspecified atom stereocenters. The maximum atomic E-state index is 12.8. The van der Waals surface area contributed by atoms with Crippen molar-refractivity contribution in [2.24, 2.45) is 5.92 Å². The summed E-state index contributed by atoms with van der Waals surface area (Å²) >= 11 is 0. The molecule has 2 saturated heterocycles. The number of amides is 1. The summed E-state index contributed by atoms with van der Waals surface area (Å²) in [5.41, 5.74) is 1.06. The average Bonchev–Trinajstić information content (AvgIpc) is 2.84. The molecule has 0 aliphatic carbocycles. The fourth-order valence-electron chi connectivity index (χ4n) is 4.14. The number of morpholine rings is 1. The molecule has 172 valence electrons. The molecule has 4 rings (SSSR count). The van der Waals surface area contributed by atoms with Gasteiger partial charge in [-0.2, -0.15) is 0 Å². The maximum Gasteiger partial charge on any atom is 0.225 e. The number of aromatic nitrogens is 2. The Morgan fingerprint density at radius 3 is 2.41 bits per heavy atom. The van der Waals surface area contributed by atoms with Crippen molar-refractivity contribution in [1.29, 1.82) is 0 Å². The lowest BCUT2D eigenvalue weighted by atomic mass is 9.97. The number of nitrogens with one attached hydrogen (secondary N) is 1. The van der Waals surface area contributed by atoms with Gasteiger partial charge >= 0.3 is 0 Å². The highest BCUT2D eigenvalue weighted by atomic mass is 16.5. The van der Waals surface area contributed by atoms with E-state index in [0.29, 0.717) is 13.1 Å². The van der Waals surface area contributed by atoms with Crippen molar-refractivity contribution in [2.45, 2.75) is 39.3 Å². The summed E-state index contributed by atoms with van der Waals surface area (Å²) in [5, 5.41) is 12.0. The summed E-state index contributed by atoms with van der Waals surface area (Å²) < 4.78 is 11.1. The van der Waals surface area contributed by atoms with Gasteiger partial charge in [-0.3, -0.25) is 4.79 Å². The molecule has 2 aromatic rings. The third kappa shape index (κ3) is 5.88. The highest BCUT2D eigenvalue weighted by Gasteiger charge is 2.27. The second kappa shape index (κ2) is 10.6. The van der Waals surface area contributed by atoms with Gasteiger partial charge in [0.1, 0.15) is 5.75 Å². The Hall–Kier alpha value is -2.87. The van der Waals surface area contributed by atoms with E-state index in [4.69, 9.17) is 9.47 Å². The predicted molar refractivity (Wildman–Crippen MR) is 124 cm³/mol. The predicted octanol–water partition coefficient (Wildman–Crippen LogP) is 2.63. The Balaban J connectivity index is 1.29. The van der Waals surface area contributed by atoms with Gasteiger partial charge in [0.25, 0.3) is 0 Å². The Labute approximate surface area is 189 Å². The van der Waals surface area contributed by atoms with E-state index in [1.807, 2.05) is 50.2 Å². The third-order valence-corrected chi connectivity index (χ3v) is 5.85. The Morgan fingerprint density at radius 2 is 1.75 bits per heavy atom. The number of hydrogen-bond acceptors (Lipinski definition) is 7. The first kappa shape index (κ1) is 22.3. The quantitative estimate of drug-likeness (QED) is 0.710. The van der Waals surface area contributed by atoms with E-state index in [0.717, 1.165) is 68.6 Å². The number of anilines is 2. The monoisotopic (exact) mass is 439 g/mol. The van der Waals surface area contributed by atoms with Crippen LogP contribution in [0.5, 0.6) is 5.75 Å². The van der Waals surface area contributed by atoms with E-state index in [1.54, 1.807) is 0 Å². The zero-order valence-corrected chi connectivity index (χ0v) is 19.0. The van der Waals surface area contributed by atoms with E-state index in [2.05, 4.69) is 25.3 Å². The molecule has 32 heavy (non-hydrogen) atoms. The minimum absolute atomic E-state index is 0.0481. The lowest BCUT2D eigenvalue weighted by Crippen LogP contribution is -2.43. The maximum absolute atomic E-state index is 12.8. The van der Waals surface area contributed by atoms with Crippen LogP contribution in [0, 0.1) is 5.92 Å².